The first-order valence-electron chi connectivity index (χ1n) is 10.2. The van der Waals surface area contributed by atoms with Crippen molar-refractivity contribution < 1.29 is 14.0 Å². The second kappa shape index (κ2) is 9.49. The number of hydrogen-bond acceptors (Lipinski definition) is 4. The van der Waals surface area contributed by atoms with E-state index in [9.17, 15) is 14.0 Å². The molecule has 0 spiro atoms. The number of carbonyl (C=O) groups is 2. The predicted octanol–water partition coefficient (Wildman–Crippen LogP) is 3.08. The molecule has 1 aliphatic rings. The summed E-state index contributed by atoms with van der Waals surface area (Å²) in [6.07, 6.45) is 4.40. The van der Waals surface area contributed by atoms with Gasteiger partial charge in [0.15, 0.2) is 0 Å². The zero-order valence-electron chi connectivity index (χ0n) is 16.9. The summed E-state index contributed by atoms with van der Waals surface area (Å²) in [7, 11) is 0. The highest BCUT2D eigenvalue weighted by Gasteiger charge is 2.26. The molecule has 7 heteroatoms. The van der Waals surface area contributed by atoms with Gasteiger partial charge in [-0.25, -0.2) is 4.39 Å². The van der Waals surface area contributed by atoms with Crippen LogP contribution in [0.1, 0.15) is 22.7 Å². The first-order valence-corrected chi connectivity index (χ1v) is 10.2. The SMILES string of the molecule is O=C(NC[C@H](c1cccnc1)N1CCc2ccccc2C1)C(=O)Nc1cccc(F)c1. The standard InChI is InChI=1S/C24H23FN4O2/c25-20-8-3-9-21(13-20)28-24(31)23(30)27-15-22(18-7-4-11-26-14-18)29-12-10-17-5-1-2-6-19(17)16-29/h1-9,11,13-14,22H,10,12,15-16H2,(H,27,30)(H,28,31)/t22-/m1/s1. The summed E-state index contributed by atoms with van der Waals surface area (Å²) in [6.45, 7) is 1.84. The Bertz CT molecular complexity index is 1070. The van der Waals surface area contributed by atoms with Crippen LogP contribution in [0, 0.1) is 5.82 Å². The van der Waals surface area contributed by atoms with E-state index in [-0.39, 0.29) is 18.3 Å². The van der Waals surface area contributed by atoms with Gasteiger partial charge in [0.2, 0.25) is 0 Å². The number of nitrogens with one attached hydrogen (secondary N) is 2. The summed E-state index contributed by atoms with van der Waals surface area (Å²) in [5.74, 6) is -2.09. The molecule has 0 unspecified atom stereocenters. The van der Waals surface area contributed by atoms with Crippen LogP contribution in [-0.2, 0) is 22.6 Å². The van der Waals surface area contributed by atoms with Gasteiger partial charge in [-0.2, -0.15) is 0 Å². The fourth-order valence-electron chi connectivity index (χ4n) is 3.84. The van der Waals surface area contributed by atoms with Gasteiger partial charge in [-0.3, -0.25) is 19.5 Å². The molecule has 31 heavy (non-hydrogen) atoms. The summed E-state index contributed by atoms with van der Waals surface area (Å²) in [6, 6.07) is 17.5. The number of nitrogens with zero attached hydrogens (tertiary/aromatic N) is 2. The second-order valence-corrected chi connectivity index (χ2v) is 7.47. The van der Waals surface area contributed by atoms with Crippen LogP contribution >= 0.6 is 0 Å². The molecule has 158 valence electrons. The number of pyridine rings is 1. The molecule has 0 bridgehead atoms. The molecule has 0 aliphatic carbocycles. The summed E-state index contributed by atoms with van der Waals surface area (Å²) in [5, 5.41) is 5.14. The van der Waals surface area contributed by atoms with E-state index in [0.29, 0.717) is 0 Å². The third-order valence-corrected chi connectivity index (χ3v) is 5.41. The maximum Gasteiger partial charge on any atom is 0.313 e. The number of fused-ring (bicyclic) bond motifs is 1. The molecule has 4 rings (SSSR count). The average Bonchev–Trinajstić information content (AvgIpc) is 2.79. The Kier molecular flexibility index (Phi) is 6.33. The fraction of sp³-hybridized carbons (Fsp3) is 0.208. The minimum atomic E-state index is -0.834. The van der Waals surface area contributed by atoms with E-state index in [1.807, 2.05) is 24.3 Å². The highest BCUT2D eigenvalue weighted by atomic mass is 19.1. The first-order chi connectivity index (χ1) is 15.1. The van der Waals surface area contributed by atoms with Crippen molar-refractivity contribution in [2.24, 2.45) is 0 Å². The van der Waals surface area contributed by atoms with Crippen LogP contribution in [0.5, 0.6) is 0 Å². The van der Waals surface area contributed by atoms with Crippen LogP contribution in [0.2, 0.25) is 0 Å². The van der Waals surface area contributed by atoms with Crippen LogP contribution < -0.4 is 10.6 Å². The van der Waals surface area contributed by atoms with Gasteiger partial charge in [-0.05, 0) is 47.4 Å². The van der Waals surface area contributed by atoms with Gasteiger partial charge in [0, 0.05) is 37.7 Å². The Labute approximate surface area is 180 Å². The number of halogens is 1. The average molecular weight is 418 g/mol. The lowest BCUT2D eigenvalue weighted by atomic mass is 9.97. The van der Waals surface area contributed by atoms with Crippen LogP contribution in [-0.4, -0.2) is 34.8 Å². The minimum Gasteiger partial charge on any atom is -0.346 e. The number of hydrogen-bond donors (Lipinski definition) is 2. The molecule has 0 fully saturated rings. The van der Waals surface area contributed by atoms with Crippen LogP contribution in [0.25, 0.3) is 0 Å². The Morgan fingerprint density at radius 2 is 1.87 bits per heavy atom. The monoisotopic (exact) mass is 418 g/mol. The predicted molar refractivity (Wildman–Crippen MR) is 116 cm³/mol. The zero-order valence-corrected chi connectivity index (χ0v) is 16.9. The van der Waals surface area contributed by atoms with Crippen molar-refractivity contribution >= 4 is 17.5 Å². The van der Waals surface area contributed by atoms with Crippen molar-refractivity contribution in [3.8, 4) is 0 Å². The van der Waals surface area contributed by atoms with Gasteiger partial charge >= 0.3 is 11.8 Å². The third-order valence-electron chi connectivity index (χ3n) is 5.41. The van der Waals surface area contributed by atoms with Crippen molar-refractivity contribution in [2.75, 3.05) is 18.4 Å². The largest absolute Gasteiger partial charge is 0.346 e. The number of amides is 2. The molecule has 0 saturated heterocycles. The fourth-order valence-corrected chi connectivity index (χ4v) is 3.84. The van der Waals surface area contributed by atoms with E-state index in [1.54, 1.807) is 12.4 Å². The molecule has 0 saturated carbocycles. The van der Waals surface area contributed by atoms with Gasteiger partial charge in [0.25, 0.3) is 0 Å². The van der Waals surface area contributed by atoms with E-state index < -0.39 is 17.6 Å². The van der Waals surface area contributed by atoms with Crippen molar-refractivity contribution in [2.45, 2.75) is 19.0 Å². The van der Waals surface area contributed by atoms with Gasteiger partial charge in [-0.15, -0.1) is 0 Å². The highest BCUT2D eigenvalue weighted by Crippen LogP contribution is 2.27. The lowest BCUT2D eigenvalue weighted by Crippen LogP contribution is -2.43. The van der Waals surface area contributed by atoms with E-state index >= 15 is 0 Å². The van der Waals surface area contributed by atoms with Gasteiger partial charge in [-0.1, -0.05) is 36.4 Å². The number of carbonyl (C=O) groups excluding carboxylic acids is 2. The molecule has 0 radical (unpaired) electrons. The van der Waals surface area contributed by atoms with Gasteiger partial charge < -0.3 is 10.6 Å². The second-order valence-electron chi connectivity index (χ2n) is 7.47. The van der Waals surface area contributed by atoms with E-state index in [2.05, 4.69) is 32.7 Å². The van der Waals surface area contributed by atoms with Gasteiger partial charge in [0.1, 0.15) is 5.82 Å². The Morgan fingerprint density at radius 3 is 2.65 bits per heavy atom. The summed E-state index contributed by atoms with van der Waals surface area (Å²) in [4.78, 5) is 31.1. The van der Waals surface area contributed by atoms with Crippen LogP contribution in [0.3, 0.4) is 0 Å². The summed E-state index contributed by atoms with van der Waals surface area (Å²) < 4.78 is 13.3. The van der Waals surface area contributed by atoms with E-state index in [4.69, 9.17) is 0 Å². The third kappa shape index (κ3) is 5.13. The molecule has 2 N–H and O–H groups in total. The Hall–Kier alpha value is -3.58. The maximum atomic E-state index is 13.3. The molecule has 2 heterocycles. The number of anilines is 1. The summed E-state index contributed by atoms with van der Waals surface area (Å²) in [5.41, 5.74) is 3.80. The smallest absolute Gasteiger partial charge is 0.313 e. The summed E-state index contributed by atoms with van der Waals surface area (Å²) >= 11 is 0. The normalized spacial score (nSPS) is 14.4. The number of benzene rings is 2. The van der Waals surface area contributed by atoms with Crippen LogP contribution in [0.15, 0.2) is 73.1 Å². The molecule has 1 aromatic heterocycles. The molecular weight excluding hydrogens is 395 g/mol. The number of aromatic nitrogens is 1. The van der Waals surface area contributed by atoms with E-state index in [1.165, 1.54) is 29.3 Å². The maximum absolute atomic E-state index is 13.3. The Morgan fingerprint density at radius 1 is 1.03 bits per heavy atom. The molecular formula is C24H23FN4O2. The van der Waals surface area contributed by atoms with Crippen molar-refractivity contribution in [1.82, 2.24) is 15.2 Å². The number of rotatable bonds is 5. The quantitative estimate of drug-likeness (QED) is 0.625. The topological polar surface area (TPSA) is 74.3 Å². The lowest BCUT2D eigenvalue weighted by molar-refractivity contribution is -0.136. The van der Waals surface area contributed by atoms with Gasteiger partial charge in [0.05, 0.1) is 6.04 Å². The molecule has 2 amide bonds. The zero-order chi connectivity index (χ0) is 21.6. The van der Waals surface area contributed by atoms with Crippen molar-refractivity contribution in [3.63, 3.8) is 0 Å². The Balaban J connectivity index is 1.44. The van der Waals surface area contributed by atoms with Crippen molar-refractivity contribution in [1.29, 1.82) is 0 Å². The van der Waals surface area contributed by atoms with E-state index in [0.717, 1.165) is 31.1 Å². The molecule has 3 aromatic rings. The van der Waals surface area contributed by atoms with Crippen molar-refractivity contribution in [3.05, 3.63) is 95.6 Å². The first kappa shape index (κ1) is 20.7. The molecule has 1 aliphatic heterocycles. The highest BCUT2D eigenvalue weighted by molar-refractivity contribution is 6.39. The molecule has 6 nitrogen and oxygen atoms in total. The van der Waals surface area contributed by atoms with Crippen LogP contribution in [0.4, 0.5) is 10.1 Å². The lowest BCUT2D eigenvalue weighted by Gasteiger charge is -2.35. The molecule has 2 aromatic carbocycles. The molecule has 1 atom stereocenters. The minimum absolute atomic E-state index is 0.132.